The van der Waals surface area contributed by atoms with Gasteiger partial charge in [0.1, 0.15) is 9.84 Å². The van der Waals surface area contributed by atoms with Crippen molar-refractivity contribution in [1.29, 1.82) is 0 Å². The Hall–Kier alpha value is -0.130. The number of sulfone groups is 1. The van der Waals surface area contributed by atoms with Gasteiger partial charge in [-0.25, -0.2) is 8.42 Å². The van der Waals surface area contributed by atoms with Crippen LogP contribution in [0.15, 0.2) is 0 Å². The number of hydrogen-bond donors (Lipinski definition) is 1. The summed E-state index contributed by atoms with van der Waals surface area (Å²) < 4.78 is 27.6. The Bertz CT molecular complexity index is 295. The molecule has 0 aromatic rings. The highest BCUT2D eigenvalue weighted by Gasteiger charge is 2.32. The van der Waals surface area contributed by atoms with Gasteiger partial charge >= 0.3 is 0 Å². The number of methoxy groups -OCH3 is 1. The predicted octanol–water partition coefficient (Wildman–Crippen LogP) is 0.331. The van der Waals surface area contributed by atoms with Gasteiger partial charge in [-0.05, 0) is 25.7 Å². The third kappa shape index (κ3) is 2.92. The van der Waals surface area contributed by atoms with Crippen LogP contribution in [0.2, 0.25) is 0 Å². The van der Waals surface area contributed by atoms with Gasteiger partial charge in [0.25, 0.3) is 0 Å². The maximum absolute atomic E-state index is 11.2. The Labute approximate surface area is 91.3 Å². The second kappa shape index (κ2) is 4.39. The van der Waals surface area contributed by atoms with Crippen LogP contribution in [-0.4, -0.2) is 45.2 Å². The van der Waals surface area contributed by atoms with Gasteiger partial charge in [-0.3, -0.25) is 0 Å². The highest BCUT2D eigenvalue weighted by atomic mass is 32.2. The van der Waals surface area contributed by atoms with Crippen LogP contribution >= 0.6 is 0 Å². The largest absolute Gasteiger partial charge is 0.381 e. The first-order chi connectivity index (χ1) is 7.09. The minimum Gasteiger partial charge on any atom is -0.381 e. The summed E-state index contributed by atoms with van der Waals surface area (Å²) >= 11 is 0. The molecule has 4 nitrogen and oxygen atoms in total. The zero-order chi connectivity index (χ0) is 10.9. The van der Waals surface area contributed by atoms with Gasteiger partial charge in [0.05, 0.1) is 17.6 Å². The third-order valence-electron chi connectivity index (χ3n) is 3.45. The van der Waals surface area contributed by atoms with Gasteiger partial charge in [-0.15, -0.1) is 0 Å². The van der Waals surface area contributed by atoms with Crippen LogP contribution in [0.3, 0.4) is 0 Å². The summed E-state index contributed by atoms with van der Waals surface area (Å²) in [6.45, 7) is 0. The second-order valence-electron chi connectivity index (χ2n) is 4.62. The molecule has 0 aromatic carbocycles. The molecule has 2 rings (SSSR count). The van der Waals surface area contributed by atoms with E-state index in [0.717, 1.165) is 25.7 Å². The molecule has 1 saturated heterocycles. The maximum Gasteiger partial charge on any atom is 0.150 e. The maximum atomic E-state index is 11.2. The molecule has 1 aliphatic heterocycles. The molecular weight excluding hydrogens is 214 g/mol. The van der Waals surface area contributed by atoms with E-state index in [0.29, 0.717) is 29.7 Å². The van der Waals surface area contributed by atoms with E-state index in [1.54, 1.807) is 7.11 Å². The molecule has 0 amide bonds. The van der Waals surface area contributed by atoms with Crippen LogP contribution in [0.5, 0.6) is 0 Å². The fourth-order valence-electron chi connectivity index (χ4n) is 2.28. The lowest BCUT2D eigenvalue weighted by Crippen LogP contribution is -2.51. The second-order valence-corrected chi connectivity index (χ2v) is 6.92. The Morgan fingerprint density at radius 3 is 2.27 bits per heavy atom. The van der Waals surface area contributed by atoms with Gasteiger partial charge in [0.15, 0.2) is 0 Å². The smallest absolute Gasteiger partial charge is 0.150 e. The highest BCUT2D eigenvalue weighted by molar-refractivity contribution is 7.91. The summed E-state index contributed by atoms with van der Waals surface area (Å²) in [7, 11) is -0.976. The first-order valence-electron chi connectivity index (χ1n) is 5.58. The summed E-state index contributed by atoms with van der Waals surface area (Å²) in [5.74, 6) is 0.705. The van der Waals surface area contributed by atoms with Gasteiger partial charge in [0.2, 0.25) is 0 Å². The normalized spacial score (nSPS) is 36.1. The summed E-state index contributed by atoms with van der Waals surface area (Å²) in [4.78, 5) is 0. The van der Waals surface area contributed by atoms with Crippen molar-refractivity contribution in [3.8, 4) is 0 Å². The summed E-state index contributed by atoms with van der Waals surface area (Å²) in [6, 6.07) is 0.942. The van der Waals surface area contributed by atoms with Crippen LogP contribution < -0.4 is 5.32 Å². The van der Waals surface area contributed by atoms with Crippen molar-refractivity contribution in [2.75, 3.05) is 18.6 Å². The molecule has 5 heteroatoms. The summed E-state index contributed by atoms with van der Waals surface area (Å²) in [5.41, 5.74) is 0. The summed E-state index contributed by atoms with van der Waals surface area (Å²) in [5, 5.41) is 3.51. The monoisotopic (exact) mass is 233 g/mol. The average Bonchev–Trinajstić information content (AvgIpc) is 2.13. The SMILES string of the molecule is COC1CC(NC2CCS(=O)(=O)CC2)C1. The van der Waals surface area contributed by atoms with Crippen LogP contribution in [0.25, 0.3) is 0 Å². The van der Waals surface area contributed by atoms with Crippen molar-refractivity contribution in [2.24, 2.45) is 0 Å². The van der Waals surface area contributed by atoms with E-state index in [1.165, 1.54) is 0 Å². The zero-order valence-corrected chi connectivity index (χ0v) is 9.92. The molecule has 1 saturated carbocycles. The molecule has 1 N–H and O–H groups in total. The lowest BCUT2D eigenvalue weighted by molar-refractivity contribution is 0.0138. The van der Waals surface area contributed by atoms with E-state index in [9.17, 15) is 8.42 Å². The number of ether oxygens (including phenoxy) is 1. The van der Waals surface area contributed by atoms with Crippen molar-refractivity contribution in [3.05, 3.63) is 0 Å². The Kier molecular flexibility index (Phi) is 3.33. The van der Waals surface area contributed by atoms with Crippen LogP contribution in [0, 0.1) is 0 Å². The van der Waals surface area contributed by atoms with Crippen molar-refractivity contribution in [3.63, 3.8) is 0 Å². The topological polar surface area (TPSA) is 55.4 Å². The van der Waals surface area contributed by atoms with Crippen LogP contribution in [0.1, 0.15) is 25.7 Å². The van der Waals surface area contributed by atoms with Gasteiger partial charge in [-0.1, -0.05) is 0 Å². The molecule has 2 aliphatic rings. The average molecular weight is 233 g/mol. The lowest BCUT2D eigenvalue weighted by Gasteiger charge is -2.38. The first-order valence-corrected chi connectivity index (χ1v) is 7.40. The first kappa shape index (κ1) is 11.4. The fraction of sp³-hybridized carbons (Fsp3) is 1.00. The van der Waals surface area contributed by atoms with Crippen LogP contribution in [0.4, 0.5) is 0 Å². The van der Waals surface area contributed by atoms with Gasteiger partial charge in [0, 0.05) is 19.2 Å². The number of hydrogen-bond acceptors (Lipinski definition) is 4. The van der Waals surface area contributed by atoms with Gasteiger partial charge < -0.3 is 10.1 Å². The van der Waals surface area contributed by atoms with Gasteiger partial charge in [-0.2, -0.15) is 0 Å². The molecular formula is C10H19NO3S. The van der Waals surface area contributed by atoms with Crippen molar-refractivity contribution < 1.29 is 13.2 Å². The molecule has 1 aliphatic carbocycles. The molecule has 1 heterocycles. The minimum atomic E-state index is -2.72. The minimum absolute atomic E-state index is 0.352. The van der Waals surface area contributed by atoms with Crippen LogP contribution in [-0.2, 0) is 14.6 Å². The molecule has 0 spiro atoms. The van der Waals surface area contributed by atoms with E-state index in [-0.39, 0.29) is 0 Å². The van der Waals surface area contributed by atoms with E-state index < -0.39 is 9.84 Å². The van der Waals surface area contributed by atoms with Crippen molar-refractivity contribution in [2.45, 2.75) is 43.9 Å². The molecule has 0 aromatic heterocycles. The Balaban J connectivity index is 1.70. The molecule has 15 heavy (non-hydrogen) atoms. The van der Waals surface area contributed by atoms with E-state index >= 15 is 0 Å². The fourth-order valence-corrected chi connectivity index (χ4v) is 3.78. The molecule has 0 radical (unpaired) electrons. The van der Waals surface area contributed by atoms with Crippen molar-refractivity contribution in [1.82, 2.24) is 5.32 Å². The summed E-state index contributed by atoms with van der Waals surface area (Å²) in [6.07, 6.45) is 4.10. The quantitative estimate of drug-likeness (QED) is 0.763. The Morgan fingerprint density at radius 2 is 1.73 bits per heavy atom. The highest BCUT2D eigenvalue weighted by Crippen LogP contribution is 2.24. The van der Waals surface area contributed by atoms with Crippen molar-refractivity contribution >= 4 is 9.84 Å². The molecule has 0 atom stereocenters. The molecule has 0 bridgehead atoms. The van der Waals surface area contributed by atoms with E-state index in [1.807, 2.05) is 0 Å². The predicted molar refractivity (Wildman–Crippen MR) is 58.6 cm³/mol. The van der Waals surface area contributed by atoms with E-state index in [4.69, 9.17) is 4.74 Å². The Morgan fingerprint density at radius 1 is 1.13 bits per heavy atom. The third-order valence-corrected chi connectivity index (χ3v) is 5.17. The number of nitrogens with one attached hydrogen (secondary N) is 1. The standard InChI is InChI=1S/C10H19NO3S/c1-14-10-6-9(7-10)11-8-2-4-15(12,13)5-3-8/h8-11H,2-7H2,1H3. The zero-order valence-electron chi connectivity index (χ0n) is 9.11. The van der Waals surface area contributed by atoms with E-state index in [2.05, 4.69) is 5.32 Å². The molecule has 0 unspecified atom stereocenters. The number of rotatable bonds is 3. The molecule has 88 valence electrons. The molecule has 2 fully saturated rings. The lowest BCUT2D eigenvalue weighted by atomic mass is 9.88.